The molecule has 0 radical (unpaired) electrons. The lowest BCUT2D eigenvalue weighted by atomic mass is 10.1. The summed E-state index contributed by atoms with van der Waals surface area (Å²) in [7, 11) is 0. The van der Waals surface area contributed by atoms with Gasteiger partial charge < -0.3 is 15.4 Å². The molecule has 3 rings (SSSR count). The molecule has 0 fully saturated rings. The number of carbonyl (C=O) groups is 1. The number of benzene rings is 2. The zero-order chi connectivity index (χ0) is 16.4. The summed E-state index contributed by atoms with van der Waals surface area (Å²) in [6, 6.07) is 12.5. The van der Waals surface area contributed by atoms with Crippen molar-refractivity contribution in [3.05, 3.63) is 58.8 Å². The monoisotopic (exact) mass is 328 g/mol. The molecule has 0 saturated heterocycles. The summed E-state index contributed by atoms with van der Waals surface area (Å²) in [5, 5.41) is 0.647. The normalized spacial score (nSPS) is 15.5. The Hall–Kier alpha value is -2.46. The Bertz CT molecular complexity index is 769. The van der Waals surface area contributed by atoms with Crippen LogP contribution in [0.25, 0.3) is 6.08 Å². The van der Waals surface area contributed by atoms with E-state index in [0.29, 0.717) is 23.0 Å². The Kier molecular flexibility index (Phi) is 4.26. The van der Waals surface area contributed by atoms with Gasteiger partial charge in [0.2, 0.25) is 0 Å². The van der Waals surface area contributed by atoms with Crippen LogP contribution >= 0.6 is 11.6 Å². The minimum absolute atomic E-state index is 0.154. The molecule has 4 nitrogen and oxygen atoms in total. The molecule has 0 bridgehead atoms. The van der Waals surface area contributed by atoms with Crippen molar-refractivity contribution >= 4 is 35.0 Å². The number of nitrogen functional groups attached to an aromatic ring is 1. The van der Waals surface area contributed by atoms with Crippen molar-refractivity contribution in [3.8, 4) is 5.75 Å². The third-order valence-corrected chi connectivity index (χ3v) is 3.82. The quantitative estimate of drug-likeness (QED) is 0.681. The summed E-state index contributed by atoms with van der Waals surface area (Å²) >= 11 is 5.89. The van der Waals surface area contributed by atoms with E-state index >= 15 is 0 Å². The minimum atomic E-state index is -0.154. The fourth-order valence-electron chi connectivity index (χ4n) is 2.49. The van der Waals surface area contributed by atoms with Gasteiger partial charge in [-0.25, -0.2) is 0 Å². The lowest BCUT2D eigenvalue weighted by molar-refractivity contribution is -0.117. The van der Waals surface area contributed by atoms with E-state index in [0.717, 1.165) is 17.7 Å². The van der Waals surface area contributed by atoms with Gasteiger partial charge in [-0.3, -0.25) is 4.79 Å². The van der Waals surface area contributed by atoms with Crippen LogP contribution in [0, 0.1) is 0 Å². The van der Waals surface area contributed by atoms with Gasteiger partial charge in [-0.1, -0.05) is 30.7 Å². The predicted octanol–water partition coefficient (Wildman–Crippen LogP) is 4.10. The van der Waals surface area contributed by atoms with Crippen LogP contribution in [0.4, 0.5) is 11.4 Å². The van der Waals surface area contributed by atoms with Crippen LogP contribution in [0.15, 0.2) is 48.2 Å². The van der Waals surface area contributed by atoms with Gasteiger partial charge in [0, 0.05) is 23.3 Å². The standard InChI is InChI=1S/C18H17ClN2O2/c1-2-9-21-15-8-7-14(20)11-16(15)23-17(18(21)22)10-12-3-5-13(19)6-4-12/h3-8,10-11H,2,9,20H2,1H3/b17-10+. The van der Waals surface area contributed by atoms with Crippen LogP contribution in [0.5, 0.6) is 5.75 Å². The highest BCUT2D eigenvalue weighted by atomic mass is 35.5. The Morgan fingerprint density at radius 3 is 2.65 bits per heavy atom. The van der Waals surface area contributed by atoms with Crippen molar-refractivity contribution in [3.63, 3.8) is 0 Å². The Balaban J connectivity index is 2.02. The average molecular weight is 329 g/mol. The van der Waals surface area contributed by atoms with Crippen molar-refractivity contribution in [2.45, 2.75) is 13.3 Å². The van der Waals surface area contributed by atoms with Gasteiger partial charge in [0.25, 0.3) is 5.91 Å². The predicted molar refractivity (Wildman–Crippen MR) is 93.6 cm³/mol. The highest BCUT2D eigenvalue weighted by Gasteiger charge is 2.29. The first-order valence-corrected chi connectivity index (χ1v) is 7.83. The van der Waals surface area contributed by atoms with Crippen LogP contribution in [0.1, 0.15) is 18.9 Å². The van der Waals surface area contributed by atoms with Crippen molar-refractivity contribution in [2.75, 3.05) is 17.2 Å². The van der Waals surface area contributed by atoms with Gasteiger partial charge >= 0.3 is 0 Å². The average Bonchev–Trinajstić information content (AvgIpc) is 2.53. The van der Waals surface area contributed by atoms with Gasteiger partial charge in [-0.15, -0.1) is 0 Å². The van der Waals surface area contributed by atoms with Crippen LogP contribution in [0.3, 0.4) is 0 Å². The fourth-order valence-corrected chi connectivity index (χ4v) is 2.61. The summed E-state index contributed by atoms with van der Waals surface area (Å²) < 4.78 is 5.79. The van der Waals surface area contributed by atoms with Gasteiger partial charge in [-0.2, -0.15) is 0 Å². The summed E-state index contributed by atoms with van der Waals surface area (Å²) in [6.07, 6.45) is 2.57. The van der Waals surface area contributed by atoms with E-state index in [1.165, 1.54) is 0 Å². The van der Waals surface area contributed by atoms with E-state index in [1.54, 1.807) is 35.2 Å². The number of ether oxygens (including phenoxy) is 1. The summed E-state index contributed by atoms with van der Waals surface area (Å²) in [6.45, 7) is 2.65. The summed E-state index contributed by atoms with van der Waals surface area (Å²) in [5.41, 5.74) is 8.03. The van der Waals surface area contributed by atoms with Crippen molar-refractivity contribution in [1.29, 1.82) is 0 Å². The SMILES string of the molecule is CCCN1C(=O)/C(=C\c2ccc(Cl)cc2)Oc2cc(N)ccc21. The second kappa shape index (κ2) is 6.34. The van der Waals surface area contributed by atoms with Crippen LogP contribution in [0.2, 0.25) is 5.02 Å². The largest absolute Gasteiger partial charge is 0.449 e. The first-order chi connectivity index (χ1) is 11.1. The van der Waals surface area contributed by atoms with Gasteiger partial charge in [-0.05, 0) is 42.3 Å². The number of nitrogens with zero attached hydrogens (tertiary/aromatic N) is 1. The molecule has 2 aromatic rings. The van der Waals surface area contributed by atoms with Crippen LogP contribution in [-0.4, -0.2) is 12.5 Å². The molecule has 1 amide bonds. The Morgan fingerprint density at radius 2 is 1.96 bits per heavy atom. The third kappa shape index (κ3) is 3.17. The summed E-state index contributed by atoms with van der Waals surface area (Å²) in [5.74, 6) is 0.719. The molecular weight excluding hydrogens is 312 g/mol. The number of hydrogen-bond acceptors (Lipinski definition) is 3. The highest BCUT2D eigenvalue weighted by Crippen LogP contribution is 2.37. The molecule has 1 aliphatic rings. The molecule has 23 heavy (non-hydrogen) atoms. The Labute approximate surface area is 140 Å². The molecule has 5 heteroatoms. The minimum Gasteiger partial charge on any atom is -0.449 e. The second-order valence-corrected chi connectivity index (χ2v) is 5.78. The van der Waals surface area contributed by atoms with Crippen molar-refractivity contribution in [1.82, 2.24) is 0 Å². The third-order valence-electron chi connectivity index (χ3n) is 3.57. The first-order valence-electron chi connectivity index (χ1n) is 7.45. The number of carbonyl (C=O) groups excluding carboxylic acids is 1. The first kappa shape index (κ1) is 15.4. The van der Waals surface area contributed by atoms with Gasteiger partial charge in [0.1, 0.15) is 0 Å². The van der Waals surface area contributed by atoms with E-state index in [9.17, 15) is 4.79 Å². The van der Waals surface area contributed by atoms with Gasteiger partial charge in [0.05, 0.1) is 5.69 Å². The maximum absolute atomic E-state index is 12.7. The molecule has 1 heterocycles. The number of nitrogens with two attached hydrogens (primary N) is 1. The molecular formula is C18H17ClN2O2. The number of hydrogen-bond donors (Lipinski definition) is 1. The molecule has 0 atom stereocenters. The number of anilines is 2. The van der Waals surface area contributed by atoms with E-state index < -0.39 is 0 Å². The second-order valence-electron chi connectivity index (χ2n) is 5.35. The summed E-state index contributed by atoms with van der Waals surface area (Å²) in [4.78, 5) is 14.4. The van der Waals surface area contributed by atoms with Crippen LogP contribution < -0.4 is 15.4 Å². The van der Waals surface area contributed by atoms with E-state index in [1.807, 2.05) is 25.1 Å². The molecule has 2 N–H and O–H groups in total. The highest BCUT2D eigenvalue weighted by molar-refractivity contribution is 6.30. The smallest absolute Gasteiger partial charge is 0.294 e. The number of amides is 1. The number of fused-ring (bicyclic) bond motifs is 1. The zero-order valence-corrected chi connectivity index (χ0v) is 13.5. The number of rotatable bonds is 3. The molecule has 0 aromatic heterocycles. The fraction of sp³-hybridized carbons (Fsp3) is 0.167. The van der Waals surface area contributed by atoms with E-state index in [-0.39, 0.29) is 11.7 Å². The van der Waals surface area contributed by atoms with E-state index in [2.05, 4.69) is 0 Å². The molecule has 0 unspecified atom stereocenters. The topological polar surface area (TPSA) is 55.6 Å². The zero-order valence-electron chi connectivity index (χ0n) is 12.8. The van der Waals surface area contributed by atoms with Gasteiger partial charge in [0.15, 0.2) is 11.5 Å². The maximum atomic E-state index is 12.7. The van der Waals surface area contributed by atoms with Crippen molar-refractivity contribution in [2.24, 2.45) is 0 Å². The molecule has 2 aromatic carbocycles. The molecule has 0 saturated carbocycles. The van der Waals surface area contributed by atoms with E-state index in [4.69, 9.17) is 22.1 Å². The lowest BCUT2D eigenvalue weighted by Crippen LogP contribution is -2.37. The molecule has 1 aliphatic heterocycles. The van der Waals surface area contributed by atoms with Crippen LogP contribution in [-0.2, 0) is 4.79 Å². The molecule has 0 spiro atoms. The maximum Gasteiger partial charge on any atom is 0.294 e. The molecule has 0 aliphatic carbocycles. The number of halogens is 1. The molecule has 118 valence electrons. The van der Waals surface area contributed by atoms with Crippen molar-refractivity contribution < 1.29 is 9.53 Å². The lowest BCUT2D eigenvalue weighted by Gasteiger charge is -2.30. The Morgan fingerprint density at radius 1 is 1.22 bits per heavy atom.